The topological polar surface area (TPSA) is 52.4 Å². The van der Waals surface area contributed by atoms with Crippen molar-refractivity contribution in [3.63, 3.8) is 0 Å². The maximum Gasteiger partial charge on any atom is 0.269 e. The predicted octanol–water partition coefficient (Wildman–Crippen LogP) is 4.12. The van der Waals surface area contributed by atoms with Crippen LogP contribution in [0.1, 0.15) is 32.3 Å². The van der Waals surface area contributed by atoms with Crippen LogP contribution in [0.2, 0.25) is 0 Å². The van der Waals surface area contributed by atoms with Gasteiger partial charge in [-0.05, 0) is 44.4 Å². The molecule has 0 spiro atoms. The van der Waals surface area contributed by atoms with Crippen molar-refractivity contribution >= 4 is 11.8 Å². The Hall–Kier alpha value is -1.94. The summed E-state index contributed by atoms with van der Waals surface area (Å²) in [5, 5.41) is 10.6. The molecular weight excluding hydrogens is 254 g/mol. The smallest absolute Gasteiger partial charge is 0.269 e. The summed E-state index contributed by atoms with van der Waals surface area (Å²) in [6.45, 7) is 7.97. The van der Waals surface area contributed by atoms with E-state index in [1.165, 1.54) is 12.1 Å². The quantitative estimate of drug-likeness (QED) is 0.471. The van der Waals surface area contributed by atoms with Gasteiger partial charge in [0.05, 0.1) is 16.6 Å². The highest BCUT2D eigenvalue weighted by Crippen LogP contribution is 2.34. The van der Waals surface area contributed by atoms with Gasteiger partial charge in [-0.1, -0.05) is 24.3 Å². The summed E-state index contributed by atoms with van der Waals surface area (Å²) in [6.07, 6.45) is 6.04. The highest BCUT2D eigenvalue weighted by atomic mass is 16.6. The Morgan fingerprint density at radius 1 is 1.50 bits per heavy atom. The monoisotopic (exact) mass is 273 g/mol. The van der Waals surface area contributed by atoms with Gasteiger partial charge >= 0.3 is 0 Å². The fraction of sp³-hybridized carbons (Fsp3) is 0.375. The van der Waals surface area contributed by atoms with Crippen molar-refractivity contribution in [2.24, 2.45) is 0 Å². The van der Waals surface area contributed by atoms with Crippen molar-refractivity contribution in [2.45, 2.75) is 38.4 Å². The van der Waals surface area contributed by atoms with Gasteiger partial charge in [0.25, 0.3) is 5.69 Å². The van der Waals surface area contributed by atoms with Gasteiger partial charge in [0.1, 0.15) is 0 Å². The van der Waals surface area contributed by atoms with E-state index in [-0.39, 0.29) is 17.4 Å². The van der Waals surface area contributed by atoms with Crippen molar-refractivity contribution in [3.8, 4) is 0 Å². The number of nitrogens with zero attached hydrogens (tertiary/aromatic N) is 1. The van der Waals surface area contributed by atoms with Crippen LogP contribution in [0.25, 0.3) is 6.08 Å². The minimum atomic E-state index is -0.396. The van der Waals surface area contributed by atoms with E-state index in [2.05, 4.69) is 13.5 Å². The number of hydrogen-bond acceptors (Lipinski definition) is 3. The minimum Gasteiger partial charge on any atom is -0.364 e. The Balaban J connectivity index is 2.06. The van der Waals surface area contributed by atoms with Crippen LogP contribution in [0.3, 0.4) is 0 Å². The van der Waals surface area contributed by atoms with E-state index in [1.807, 2.05) is 19.1 Å². The Morgan fingerprint density at radius 2 is 2.15 bits per heavy atom. The zero-order valence-electron chi connectivity index (χ0n) is 11.8. The molecule has 4 heteroatoms. The van der Waals surface area contributed by atoms with Gasteiger partial charge < -0.3 is 4.74 Å². The highest BCUT2D eigenvalue weighted by molar-refractivity contribution is 5.53. The molecule has 1 aliphatic rings. The fourth-order valence-electron chi connectivity index (χ4n) is 2.31. The summed E-state index contributed by atoms with van der Waals surface area (Å²) >= 11 is 0. The summed E-state index contributed by atoms with van der Waals surface area (Å²) in [5.41, 5.74) is 1.80. The molecule has 1 aromatic carbocycles. The zero-order valence-corrected chi connectivity index (χ0v) is 11.8. The molecule has 0 saturated carbocycles. The number of nitro groups is 1. The number of hydrogen-bond donors (Lipinski definition) is 0. The first-order chi connectivity index (χ1) is 9.39. The molecule has 0 aromatic heterocycles. The maximum absolute atomic E-state index is 10.6. The minimum absolute atomic E-state index is 0.104. The lowest BCUT2D eigenvalue weighted by molar-refractivity contribution is -0.384. The average molecular weight is 273 g/mol. The van der Waals surface area contributed by atoms with Crippen molar-refractivity contribution < 1.29 is 9.66 Å². The van der Waals surface area contributed by atoms with Crippen LogP contribution in [-0.4, -0.2) is 16.6 Å². The normalized spacial score (nSPS) is 26.0. The van der Waals surface area contributed by atoms with E-state index in [9.17, 15) is 10.1 Å². The van der Waals surface area contributed by atoms with Crippen LogP contribution in [0, 0.1) is 10.1 Å². The Morgan fingerprint density at radius 3 is 2.65 bits per heavy atom. The lowest BCUT2D eigenvalue weighted by atomic mass is 9.99. The standard InChI is InChI=1S/C16H19NO3/c1-12(2)15-9-11-16(3,20-15)10-8-13-4-6-14(7-5-13)17(18)19/h4-8,10,15H,1,9,11H2,2-3H3/b10-8+. The van der Waals surface area contributed by atoms with Gasteiger partial charge in [-0.15, -0.1) is 0 Å². The summed E-state index contributed by atoms with van der Waals surface area (Å²) in [6, 6.07) is 6.49. The van der Waals surface area contributed by atoms with E-state index in [4.69, 9.17) is 4.74 Å². The maximum atomic E-state index is 10.6. The Kier molecular flexibility index (Phi) is 4.04. The third-order valence-electron chi connectivity index (χ3n) is 3.60. The molecule has 1 heterocycles. The fourth-order valence-corrected chi connectivity index (χ4v) is 2.31. The third-order valence-corrected chi connectivity index (χ3v) is 3.60. The van der Waals surface area contributed by atoms with Gasteiger partial charge in [0, 0.05) is 12.1 Å². The van der Waals surface area contributed by atoms with E-state index >= 15 is 0 Å². The average Bonchev–Trinajstić information content (AvgIpc) is 2.80. The van der Waals surface area contributed by atoms with Crippen molar-refractivity contribution in [2.75, 3.05) is 0 Å². The van der Waals surface area contributed by atoms with Crippen molar-refractivity contribution in [1.29, 1.82) is 0 Å². The highest BCUT2D eigenvalue weighted by Gasteiger charge is 2.33. The Bertz CT molecular complexity index is 547. The molecule has 0 N–H and O–H groups in total. The SMILES string of the molecule is C=C(C)C1CCC(C)(/C=C/c2ccc([N+](=O)[O-])cc2)O1. The van der Waals surface area contributed by atoms with Crippen LogP contribution in [-0.2, 0) is 4.74 Å². The summed E-state index contributed by atoms with van der Waals surface area (Å²) in [4.78, 5) is 10.2. The molecule has 20 heavy (non-hydrogen) atoms. The molecule has 1 aliphatic heterocycles. The molecule has 4 nitrogen and oxygen atoms in total. The molecular formula is C16H19NO3. The number of nitro benzene ring substituents is 1. The van der Waals surface area contributed by atoms with Gasteiger partial charge in [-0.25, -0.2) is 0 Å². The van der Waals surface area contributed by atoms with Gasteiger partial charge in [0.2, 0.25) is 0 Å². The first-order valence-electron chi connectivity index (χ1n) is 6.66. The van der Waals surface area contributed by atoms with Crippen LogP contribution in [0.4, 0.5) is 5.69 Å². The molecule has 1 aromatic rings. The molecule has 0 aliphatic carbocycles. The van der Waals surface area contributed by atoms with Gasteiger partial charge in [0.15, 0.2) is 0 Å². The second kappa shape index (κ2) is 5.59. The molecule has 1 fully saturated rings. The summed E-state index contributed by atoms with van der Waals surface area (Å²) < 4.78 is 6.00. The van der Waals surface area contributed by atoms with E-state index in [0.717, 1.165) is 24.0 Å². The molecule has 106 valence electrons. The van der Waals surface area contributed by atoms with Crippen LogP contribution in [0.15, 0.2) is 42.5 Å². The number of benzene rings is 1. The van der Waals surface area contributed by atoms with Crippen molar-refractivity contribution in [1.82, 2.24) is 0 Å². The summed E-state index contributed by atoms with van der Waals surface area (Å²) in [7, 11) is 0. The molecule has 1 saturated heterocycles. The van der Waals surface area contributed by atoms with Crippen LogP contribution >= 0.6 is 0 Å². The largest absolute Gasteiger partial charge is 0.364 e. The lowest BCUT2D eigenvalue weighted by Crippen LogP contribution is -2.22. The van der Waals surface area contributed by atoms with E-state index in [1.54, 1.807) is 12.1 Å². The number of non-ortho nitro benzene ring substituents is 1. The lowest BCUT2D eigenvalue weighted by Gasteiger charge is -2.21. The molecule has 0 amide bonds. The number of rotatable bonds is 4. The van der Waals surface area contributed by atoms with Crippen LogP contribution < -0.4 is 0 Å². The van der Waals surface area contributed by atoms with Gasteiger partial charge in [-0.3, -0.25) is 10.1 Å². The molecule has 0 bridgehead atoms. The molecule has 0 radical (unpaired) electrons. The third kappa shape index (κ3) is 3.33. The zero-order chi connectivity index (χ0) is 14.8. The van der Waals surface area contributed by atoms with Crippen LogP contribution in [0.5, 0.6) is 0 Å². The van der Waals surface area contributed by atoms with E-state index in [0.29, 0.717) is 0 Å². The molecule has 2 rings (SSSR count). The molecule has 2 unspecified atom stereocenters. The Labute approximate surface area is 118 Å². The predicted molar refractivity (Wildman–Crippen MR) is 79.5 cm³/mol. The second-order valence-electron chi connectivity index (χ2n) is 5.49. The van der Waals surface area contributed by atoms with Crippen molar-refractivity contribution in [3.05, 3.63) is 58.2 Å². The molecule has 2 atom stereocenters. The second-order valence-corrected chi connectivity index (χ2v) is 5.49. The van der Waals surface area contributed by atoms with Gasteiger partial charge in [-0.2, -0.15) is 0 Å². The first kappa shape index (κ1) is 14.5. The summed E-state index contributed by atoms with van der Waals surface area (Å²) in [5.74, 6) is 0. The number of ether oxygens (including phenoxy) is 1. The first-order valence-corrected chi connectivity index (χ1v) is 6.66. The van der Waals surface area contributed by atoms with E-state index < -0.39 is 4.92 Å².